The van der Waals surface area contributed by atoms with Gasteiger partial charge in [-0.05, 0) is 41.0 Å². The molecule has 0 bridgehead atoms. The zero-order valence-corrected chi connectivity index (χ0v) is 18.0. The number of hydrogen-bond acceptors (Lipinski definition) is 4. The van der Waals surface area contributed by atoms with Gasteiger partial charge in [0.2, 0.25) is 0 Å². The van der Waals surface area contributed by atoms with E-state index in [4.69, 9.17) is 21.1 Å². The Morgan fingerprint density at radius 2 is 1.77 bits per heavy atom. The first-order valence-electron chi connectivity index (χ1n) is 10.1. The summed E-state index contributed by atoms with van der Waals surface area (Å²) >= 11 is 6.03. The van der Waals surface area contributed by atoms with Crippen molar-refractivity contribution in [1.29, 1.82) is 0 Å². The minimum absolute atomic E-state index is 0.429. The summed E-state index contributed by atoms with van der Waals surface area (Å²) in [7, 11) is 1.57. The second kappa shape index (κ2) is 8.90. The molecule has 0 spiro atoms. The molecular formula is C25H24ClNO4. The van der Waals surface area contributed by atoms with Crippen molar-refractivity contribution in [3.05, 3.63) is 88.4 Å². The van der Waals surface area contributed by atoms with Gasteiger partial charge >= 0.3 is 5.97 Å². The predicted octanol–water partition coefficient (Wildman–Crippen LogP) is 5.00. The third-order valence-corrected chi connectivity index (χ3v) is 5.83. The summed E-state index contributed by atoms with van der Waals surface area (Å²) in [6, 6.07) is 20.9. The zero-order chi connectivity index (χ0) is 21.8. The fourth-order valence-electron chi connectivity index (χ4n) is 4.02. The van der Waals surface area contributed by atoms with Crippen LogP contribution in [0.2, 0.25) is 5.02 Å². The zero-order valence-electron chi connectivity index (χ0n) is 17.2. The van der Waals surface area contributed by atoms with E-state index >= 15 is 0 Å². The summed E-state index contributed by atoms with van der Waals surface area (Å²) in [5.41, 5.74) is 2.81. The molecule has 3 aromatic carbocycles. The molecule has 0 heterocycles. The molecule has 0 fully saturated rings. The highest BCUT2D eigenvalue weighted by atomic mass is 35.5. The lowest BCUT2D eigenvalue weighted by molar-refractivity contribution is -0.142. The second-order valence-electron chi connectivity index (χ2n) is 7.73. The maximum absolute atomic E-state index is 12.2. The molecule has 0 atom stereocenters. The van der Waals surface area contributed by atoms with Crippen molar-refractivity contribution in [2.24, 2.45) is 0 Å². The van der Waals surface area contributed by atoms with E-state index in [2.05, 4.69) is 5.32 Å². The normalized spacial score (nSPS) is 14.0. The Hall–Kier alpha value is -3.18. The van der Waals surface area contributed by atoms with Gasteiger partial charge in [0.05, 0.1) is 13.7 Å². The van der Waals surface area contributed by atoms with Crippen molar-refractivity contribution in [3.8, 4) is 11.5 Å². The number of hydrogen-bond donors (Lipinski definition) is 2. The average molecular weight is 438 g/mol. The predicted molar refractivity (Wildman–Crippen MR) is 121 cm³/mol. The van der Waals surface area contributed by atoms with Crippen molar-refractivity contribution >= 4 is 23.3 Å². The van der Waals surface area contributed by atoms with Crippen LogP contribution in [0.3, 0.4) is 0 Å². The Labute approximate surface area is 186 Å². The Morgan fingerprint density at radius 3 is 2.42 bits per heavy atom. The maximum Gasteiger partial charge on any atom is 0.330 e. The van der Waals surface area contributed by atoms with E-state index in [0.717, 1.165) is 16.7 Å². The quantitative estimate of drug-likeness (QED) is 0.518. The Bertz CT molecular complexity index is 1070. The maximum atomic E-state index is 12.2. The fraction of sp³-hybridized carbons (Fsp3) is 0.240. The lowest BCUT2D eigenvalue weighted by Gasteiger charge is -2.27. The molecule has 5 nitrogen and oxygen atoms in total. The molecule has 31 heavy (non-hydrogen) atoms. The molecular weight excluding hydrogens is 414 g/mol. The molecule has 0 aliphatic heterocycles. The number of carboxylic acids is 1. The number of rotatable bonds is 8. The highest BCUT2D eigenvalue weighted by Crippen LogP contribution is 2.36. The molecule has 3 aromatic rings. The number of nitrogens with one attached hydrogen (secondary N) is 1. The minimum Gasteiger partial charge on any atom is -0.493 e. The number of methoxy groups -OCH3 is 1. The summed E-state index contributed by atoms with van der Waals surface area (Å²) in [4.78, 5) is 12.2. The summed E-state index contributed by atoms with van der Waals surface area (Å²) in [6.45, 7) is 0.470. The summed E-state index contributed by atoms with van der Waals surface area (Å²) in [5, 5.41) is 13.9. The number of carboxylic acid groups (broad SMARTS) is 1. The average Bonchev–Trinajstić information content (AvgIpc) is 3.14. The molecule has 160 valence electrons. The molecule has 2 N–H and O–H groups in total. The van der Waals surface area contributed by atoms with Crippen LogP contribution in [0.1, 0.15) is 16.7 Å². The highest BCUT2D eigenvalue weighted by Gasteiger charge is 2.44. The van der Waals surface area contributed by atoms with Crippen molar-refractivity contribution < 1.29 is 19.4 Å². The van der Waals surface area contributed by atoms with Crippen LogP contribution in [-0.2, 0) is 24.1 Å². The summed E-state index contributed by atoms with van der Waals surface area (Å²) in [6.07, 6.45) is 1.57. The SMILES string of the molecule is COc1cc(NC2(C(=O)O)Cc3ccccc3C2)ccc1OCCc1cccc(Cl)c1. The van der Waals surface area contributed by atoms with Crippen LogP contribution in [0.5, 0.6) is 11.5 Å². The first kappa shape index (κ1) is 21.1. The van der Waals surface area contributed by atoms with Gasteiger partial charge in [-0.25, -0.2) is 4.79 Å². The first-order chi connectivity index (χ1) is 15.0. The van der Waals surface area contributed by atoms with Crippen molar-refractivity contribution in [3.63, 3.8) is 0 Å². The molecule has 0 radical (unpaired) electrons. The fourth-order valence-corrected chi connectivity index (χ4v) is 4.23. The number of anilines is 1. The van der Waals surface area contributed by atoms with E-state index in [0.29, 0.717) is 48.1 Å². The second-order valence-corrected chi connectivity index (χ2v) is 8.16. The number of halogens is 1. The van der Waals surface area contributed by atoms with Gasteiger partial charge in [0.25, 0.3) is 0 Å². The van der Waals surface area contributed by atoms with Crippen LogP contribution >= 0.6 is 11.6 Å². The molecule has 6 heteroatoms. The molecule has 1 aliphatic rings. The Kier molecular flexibility index (Phi) is 6.05. The summed E-state index contributed by atoms with van der Waals surface area (Å²) in [5.74, 6) is 0.283. The standard InChI is InChI=1S/C25H24ClNO4/c1-30-23-14-21(9-10-22(23)31-12-11-17-5-4-8-20(26)13-17)27-25(24(28)29)15-18-6-2-3-7-19(18)16-25/h2-10,13-14,27H,11-12,15-16H2,1H3,(H,28,29). The lowest BCUT2D eigenvalue weighted by atomic mass is 9.95. The number of benzene rings is 3. The van der Waals surface area contributed by atoms with Crippen LogP contribution in [0.4, 0.5) is 5.69 Å². The van der Waals surface area contributed by atoms with Gasteiger partial charge in [0.15, 0.2) is 11.5 Å². The highest BCUT2D eigenvalue weighted by molar-refractivity contribution is 6.30. The first-order valence-corrected chi connectivity index (χ1v) is 10.5. The van der Waals surface area contributed by atoms with Crippen molar-refractivity contribution in [2.75, 3.05) is 19.0 Å². The van der Waals surface area contributed by atoms with Gasteiger partial charge in [0.1, 0.15) is 5.54 Å². The van der Waals surface area contributed by atoms with E-state index in [1.807, 2.05) is 54.6 Å². The number of aliphatic carboxylic acids is 1. The summed E-state index contributed by atoms with van der Waals surface area (Å²) < 4.78 is 11.4. The largest absolute Gasteiger partial charge is 0.493 e. The molecule has 0 saturated heterocycles. The van der Waals surface area contributed by atoms with Gasteiger partial charge in [-0.15, -0.1) is 0 Å². The molecule has 1 aliphatic carbocycles. The molecule has 0 aromatic heterocycles. The minimum atomic E-state index is -1.08. The van der Waals surface area contributed by atoms with Crippen LogP contribution < -0.4 is 14.8 Å². The Morgan fingerprint density at radius 1 is 1.03 bits per heavy atom. The van der Waals surface area contributed by atoms with Crippen molar-refractivity contribution in [2.45, 2.75) is 24.8 Å². The van der Waals surface area contributed by atoms with Gasteiger partial charge in [-0.3, -0.25) is 0 Å². The van der Waals surface area contributed by atoms with Gasteiger partial charge in [-0.2, -0.15) is 0 Å². The van der Waals surface area contributed by atoms with E-state index in [1.165, 1.54) is 0 Å². The van der Waals surface area contributed by atoms with E-state index < -0.39 is 11.5 Å². The van der Waals surface area contributed by atoms with Crippen LogP contribution in [0.15, 0.2) is 66.7 Å². The van der Waals surface area contributed by atoms with Crippen LogP contribution in [0.25, 0.3) is 0 Å². The topological polar surface area (TPSA) is 67.8 Å². The Balaban J connectivity index is 1.47. The number of fused-ring (bicyclic) bond motifs is 1. The lowest BCUT2D eigenvalue weighted by Crippen LogP contribution is -2.47. The van der Waals surface area contributed by atoms with Gasteiger partial charge < -0.3 is 19.9 Å². The van der Waals surface area contributed by atoms with Gasteiger partial charge in [0, 0.05) is 36.0 Å². The third kappa shape index (κ3) is 4.62. The molecule has 0 unspecified atom stereocenters. The molecule has 4 rings (SSSR count). The van der Waals surface area contributed by atoms with Crippen molar-refractivity contribution in [1.82, 2.24) is 0 Å². The molecule has 0 saturated carbocycles. The number of ether oxygens (including phenoxy) is 2. The molecule has 0 amide bonds. The monoisotopic (exact) mass is 437 g/mol. The van der Waals surface area contributed by atoms with Crippen LogP contribution in [0, 0.1) is 0 Å². The van der Waals surface area contributed by atoms with E-state index in [1.54, 1.807) is 19.2 Å². The third-order valence-electron chi connectivity index (χ3n) is 5.60. The number of carbonyl (C=O) groups is 1. The van der Waals surface area contributed by atoms with E-state index in [-0.39, 0.29) is 0 Å². The van der Waals surface area contributed by atoms with Gasteiger partial charge in [-0.1, -0.05) is 48.0 Å². The van der Waals surface area contributed by atoms with Crippen LogP contribution in [-0.4, -0.2) is 30.3 Å². The smallest absolute Gasteiger partial charge is 0.330 e. The van der Waals surface area contributed by atoms with E-state index in [9.17, 15) is 9.90 Å².